The van der Waals surface area contributed by atoms with Gasteiger partial charge in [0, 0.05) is 0 Å². The normalized spacial score (nSPS) is 11.5. The van der Waals surface area contributed by atoms with E-state index >= 15 is 0 Å². The zero-order valence-corrected chi connectivity index (χ0v) is 15.4. The fourth-order valence-corrected chi connectivity index (χ4v) is 2.76. The van der Waals surface area contributed by atoms with Crippen LogP contribution in [0.25, 0.3) is 0 Å². The van der Waals surface area contributed by atoms with Crippen molar-refractivity contribution in [1.29, 1.82) is 5.26 Å². The maximum absolute atomic E-state index is 12.3. The Kier molecular flexibility index (Phi) is 7.18. The molecule has 0 bridgehead atoms. The van der Waals surface area contributed by atoms with Crippen LogP contribution in [0.2, 0.25) is 0 Å². The molecule has 0 aliphatic heterocycles. The molecule has 6 nitrogen and oxygen atoms in total. The number of hydrogen-bond acceptors (Lipinski definition) is 6. The Bertz CT molecular complexity index is 764. The molecule has 2 aromatic rings. The van der Waals surface area contributed by atoms with Crippen LogP contribution in [-0.4, -0.2) is 31.1 Å². The number of esters is 1. The number of hydrogen-bond donors (Lipinski definition) is 1. The third-order valence-corrected chi connectivity index (χ3v) is 4.40. The zero-order chi connectivity index (χ0) is 18.9. The molecule has 1 N–H and O–H groups in total. The largest absolute Gasteiger partial charge is 0.490 e. The lowest BCUT2D eigenvalue weighted by atomic mass is 10.0. The van der Waals surface area contributed by atoms with Crippen molar-refractivity contribution in [3.05, 3.63) is 52.2 Å². The number of benzene rings is 1. The van der Waals surface area contributed by atoms with Crippen LogP contribution in [0.15, 0.2) is 41.8 Å². The number of amides is 1. The minimum absolute atomic E-state index is 0.0664. The molecular formula is C19H20N2O4S. The van der Waals surface area contributed by atoms with Gasteiger partial charge in [-0.05, 0) is 41.6 Å². The van der Waals surface area contributed by atoms with Crippen molar-refractivity contribution in [2.24, 2.45) is 5.92 Å². The van der Waals surface area contributed by atoms with Crippen molar-refractivity contribution in [2.75, 3.05) is 13.2 Å². The van der Waals surface area contributed by atoms with Crippen LogP contribution in [0.5, 0.6) is 5.75 Å². The molecule has 1 amide bonds. The second-order valence-electron chi connectivity index (χ2n) is 5.82. The summed E-state index contributed by atoms with van der Waals surface area (Å²) in [7, 11) is 0. The fourth-order valence-electron chi connectivity index (χ4n) is 2.14. The van der Waals surface area contributed by atoms with Gasteiger partial charge in [-0.25, -0.2) is 4.79 Å². The van der Waals surface area contributed by atoms with Gasteiger partial charge in [0.1, 0.15) is 25.0 Å². The molecule has 7 heteroatoms. The number of thiophene rings is 1. The number of ether oxygens (including phenoxy) is 2. The molecule has 136 valence electrons. The van der Waals surface area contributed by atoms with E-state index in [0.717, 1.165) is 0 Å². The molecule has 0 aliphatic rings. The molecule has 0 aliphatic carbocycles. The first-order valence-electron chi connectivity index (χ1n) is 8.15. The highest BCUT2D eigenvalue weighted by atomic mass is 32.1. The monoisotopic (exact) mass is 372 g/mol. The van der Waals surface area contributed by atoms with Crippen molar-refractivity contribution in [2.45, 2.75) is 19.9 Å². The van der Waals surface area contributed by atoms with Crippen LogP contribution in [0.3, 0.4) is 0 Å². The summed E-state index contributed by atoms with van der Waals surface area (Å²) in [5, 5.41) is 13.3. The Hall–Kier alpha value is -2.85. The smallest absolute Gasteiger partial charge is 0.329 e. The first kappa shape index (κ1) is 19.5. The Balaban J connectivity index is 1.79. The molecule has 26 heavy (non-hydrogen) atoms. The summed E-state index contributed by atoms with van der Waals surface area (Å²) < 4.78 is 10.7. The summed E-state index contributed by atoms with van der Waals surface area (Å²) in [5.41, 5.74) is 0.546. The highest BCUT2D eigenvalue weighted by molar-refractivity contribution is 7.12. The summed E-state index contributed by atoms with van der Waals surface area (Å²) in [4.78, 5) is 24.9. The molecule has 2 rings (SSSR count). The van der Waals surface area contributed by atoms with E-state index in [1.165, 1.54) is 11.3 Å². The Labute approximate surface area is 156 Å². The van der Waals surface area contributed by atoms with E-state index in [1.54, 1.807) is 41.8 Å². The van der Waals surface area contributed by atoms with Crippen LogP contribution in [-0.2, 0) is 9.53 Å². The molecule has 0 radical (unpaired) electrons. The first-order valence-corrected chi connectivity index (χ1v) is 9.03. The summed E-state index contributed by atoms with van der Waals surface area (Å²) in [6.45, 7) is 3.93. The van der Waals surface area contributed by atoms with Gasteiger partial charge < -0.3 is 14.8 Å². The summed E-state index contributed by atoms with van der Waals surface area (Å²) in [6.07, 6.45) is 0. The molecular weight excluding hydrogens is 352 g/mol. The van der Waals surface area contributed by atoms with Gasteiger partial charge in [0.25, 0.3) is 5.91 Å². The lowest BCUT2D eigenvalue weighted by Gasteiger charge is -2.20. The standard InChI is InChI=1S/C19H20N2O4S/c1-13(2)17(21-18(22)16-4-3-11-26-16)19(23)25-10-9-24-15-7-5-14(12-20)6-8-15/h3-8,11,13,17H,9-10H2,1-2H3,(H,21,22). The number of nitrogens with zero attached hydrogens (tertiary/aromatic N) is 1. The van der Waals surface area contributed by atoms with Crippen LogP contribution in [0.4, 0.5) is 0 Å². The average Bonchev–Trinajstić information content (AvgIpc) is 3.18. The van der Waals surface area contributed by atoms with E-state index < -0.39 is 12.0 Å². The molecule has 1 heterocycles. The second-order valence-corrected chi connectivity index (χ2v) is 6.77. The van der Waals surface area contributed by atoms with Crippen LogP contribution in [0.1, 0.15) is 29.1 Å². The fraction of sp³-hybridized carbons (Fsp3) is 0.316. The van der Waals surface area contributed by atoms with Crippen molar-refractivity contribution in [1.82, 2.24) is 5.32 Å². The third kappa shape index (κ3) is 5.60. The van der Waals surface area contributed by atoms with Gasteiger partial charge in [-0.3, -0.25) is 4.79 Å². The molecule has 1 aromatic carbocycles. The van der Waals surface area contributed by atoms with Crippen molar-refractivity contribution in [3.63, 3.8) is 0 Å². The third-order valence-electron chi connectivity index (χ3n) is 3.53. The van der Waals surface area contributed by atoms with Gasteiger partial charge in [-0.2, -0.15) is 5.26 Å². The number of nitrogens with one attached hydrogen (secondary N) is 1. The van der Waals surface area contributed by atoms with Crippen molar-refractivity contribution < 1.29 is 19.1 Å². The number of carbonyl (C=O) groups excluding carboxylic acids is 2. The number of carbonyl (C=O) groups is 2. The van der Waals surface area contributed by atoms with E-state index in [4.69, 9.17) is 14.7 Å². The predicted molar refractivity (Wildman–Crippen MR) is 98.0 cm³/mol. The van der Waals surface area contributed by atoms with E-state index in [2.05, 4.69) is 5.32 Å². The van der Waals surface area contributed by atoms with E-state index in [-0.39, 0.29) is 25.0 Å². The van der Waals surface area contributed by atoms with Gasteiger partial charge in [-0.1, -0.05) is 19.9 Å². The lowest BCUT2D eigenvalue weighted by Crippen LogP contribution is -2.45. The van der Waals surface area contributed by atoms with Gasteiger partial charge in [0.2, 0.25) is 0 Å². The quantitative estimate of drug-likeness (QED) is 0.568. The van der Waals surface area contributed by atoms with E-state index in [9.17, 15) is 9.59 Å². The SMILES string of the molecule is CC(C)C(NC(=O)c1cccs1)C(=O)OCCOc1ccc(C#N)cc1. The Morgan fingerprint density at radius 1 is 1.19 bits per heavy atom. The average molecular weight is 372 g/mol. The lowest BCUT2D eigenvalue weighted by molar-refractivity contribution is -0.147. The molecule has 0 fully saturated rings. The molecule has 1 unspecified atom stereocenters. The first-order chi connectivity index (χ1) is 12.5. The van der Waals surface area contributed by atoms with E-state index in [0.29, 0.717) is 16.2 Å². The minimum atomic E-state index is -0.723. The highest BCUT2D eigenvalue weighted by Gasteiger charge is 2.26. The Morgan fingerprint density at radius 2 is 1.92 bits per heavy atom. The number of nitriles is 1. The summed E-state index contributed by atoms with van der Waals surface area (Å²) >= 11 is 1.31. The molecule has 0 saturated carbocycles. The Morgan fingerprint density at radius 3 is 2.50 bits per heavy atom. The highest BCUT2D eigenvalue weighted by Crippen LogP contribution is 2.12. The van der Waals surface area contributed by atoms with Crippen LogP contribution >= 0.6 is 11.3 Å². The van der Waals surface area contributed by atoms with E-state index in [1.807, 2.05) is 19.9 Å². The predicted octanol–water partition coefficient (Wildman–Crippen LogP) is 3.00. The molecule has 0 saturated heterocycles. The van der Waals surface area contributed by atoms with Gasteiger partial charge in [0.05, 0.1) is 16.5 Å². The van der Waals surface area contributed by atoms with Crippen LogP contribution < -0.4 is 10.1 Å². The zero-order valence-electron chi connectivity index (χ0n) is 14.6. The maximum Gasteiger partial charge on any atom is 0.329 e. The molecule has 1 atom stereocenters. The number of rotatable bonds is 8. The van der Waals surface area contributed by atoms with Crippen molar-refractivity contribution in [3.8, 4) is 11.8 Å². The van der Waals surface area contributed by atoms with Crippen molar-refractivity contribution >= 4 is 23.2 Å². The maximum atomic E-state index is 12.3. The summed E-state index contributed by atoms with van der Waals surface area (Å²) in [5.74, 6) is -0.296. The summed E-state index contributed by atoms with van der Waals surface area (Å²) in [6, 6.07) is 11.4. The molecule has 0 spiro atoms. The van der Waals surface area contributed by atoms with Gasteiger partial charge in [-0.15, -0.1) is 11.3 Å². The van der Waals surface area contributed by atoms with Crippen LogP contribution in [0, 0.1) is 17.2 Å². The second kappa shape index (κ2) is 9.59. The topological polar surface area (TPSA) is 88.4 Å². The van der Waals surface area contributed by atoms with Gasteiger partial charge in [0.15, 0.2) is 0 Å². The minimum Gasteiger partial charge on any atom is -0.490 e. The molecule has 1 aromatic heterocycles. The van der Waals surface area contributed by atoms with Gasteiger partial charge >= 0.3 is 5.97 Å².